The summed E-state index contributed by atoms with van der Waals surface area (Å²) in [5.74, 6) is -6.74. The number of allylic oxidation sites excluding steroid dienone is 1. The number of ketones is 1. The first-order chi connectivity index (χ1) is 16.3. The molecule has 0 atom stereocenters. The lowest BCUT2D eigenvalue weighted by Gasteiger charge is -2.13. The Hall–Kier alpha value is -4.01. The van der Waals surface area contributed by atoms with E-state index in [1.54, 1.807) is 36.4 Å². The Bertz CT molecular complexity index is 1210. The Balaban J connectivity index is 1.82. The molecule has 0 amide bonds. The maximum atomic E-state index is 13.9. The minimum Gasteiger partial charge on any atom is -0.496 e. The van der Waals surface area contributed by atoms with Crippen molar-refractivity contribution < 1.29 is 41.3 Å². The number of halogens is 4. The quantitative estimate of drug-likeness (QED) is 0.171. The van der Waals surface area contributed by atoms with E-state index in [2.05, 4.69) is 0 Å². The van der Waals surface area contributed by atoms with Gasteiger partial charge in [0, 0.05) is 17.2 Å². The lowest BCUT2D eigenvalue weighted by atomic mass is 10.1. The highest BCUT2D eigenvalue weighted by Crippen LogP contribution is 2.30. The molecule has 0 aromatic heterocycles. The van der Waals surface area contributed by atoms with Gasteiger partial charge >= 0.3 is 0 Å². The van der Waals surface area contributed by atoms with Crippen LogP contribution in [0.4, 0.5) is 17.6 Å². The fraction of sp³-hybridized carbons (Fsp3) is 0.160. The maximum absolute atomic E-state index is 13.9. The molecule has 0 heterocycles. The molecule has 0 bridgehead atoms. The van der Waals surface area contributed by atoms with Gasteiger partial charge in [0.1, 0.15) is 12.4 Å². The summed E-state index contributed by atoms with van der Waals surface area (Å²) < 4.78 is 75.2. The van der Waals surface area contributed by atoms with Crippen molar-refractivity contribution in [2.75, 3.05) is 21.3 Å². The number of carbonyl (C=O) groups is 1. The molecular formula is C25H20F4O5. The topological polar surface area (TPSA) is 54.0 Å². The molecule has 0 aliphatic rings. The normalized spacial score (nSPS) is 10.9. The van der Waals surface area contributed by atoms with Crippen LogP contribution in [-0.2, 0) is 6.61 Å². The molecule has 3 aromatic rings. The number of methoxy groups -OCH3 is 3. The molecule has 0 saturated heterocycles. The first-order valence-corrected chi connectivity index (χ1v) is 9.86. The molecule has 0 saturated carbocycles. The minimum atomic E-state index is -1.64. The summed E-state index contributed by atoms with van der Waals surface area (Å²) in [5.41, 5.74) is 1.23. The van der Waals surface area contributed by atoms with Crippen molar-refractivity contribution in [2.24, 2.45) is 0 Å². The fourth-order valence-corrected chi connectivity index (χ4v) is 3.10. The lowest BCUT2D eigenvalue weighted by Crippen LogP contribution is -2.05. The summed E-state index contributed by atoms with van der Waals surface area (Å²) in [6.45, 7) is -0.453. The zero-order valence-electron chi connectivity index (χ0n) is 18.5. The van der Waals surface area contributed by atoms with Gasteiger partial charge in [-0.05, 0) is 42.0 Å². The predicted octanol–water partition coefficient (Wildman–Crippen LogP) is 5.74. The van der Waals surface area contributed by atoms with Gasteiger partial charge in [-0.3, -0.25) is 4.79 Å². The summed E-state index contributed by atoms with van der Waals surface area (Å²) in [4.78, 5) is 12.6. The van der Waals surface area contributed by atoms with Crippen LogP contribution in [0.1, 0.15) is 21.5 Å². The third kappa shape index (κ3) is 5.31. The molecule has 0 aliphatic heterocycles. The number of ether oxygens (including phenoxy) is 4. The van der Waals surface area contributed by atoms with Crippen molar-refractivity contribution in [2.45, 2.75) is 6.61 Å². The number of hydrogen-bond donors (Lipinski definition) is 0. The monoisotopic (exact) mass is 476 g/mol. The van der Waals surface area contributed by atoms with E-state index in [9.17, 15) is 22.4 Å². The molecule has 0 N–H and O–H groups in total. The first-order valence-electron chi connectivity index (χ1n) is 9.86. The second-order valence-electron chi connectivity index (χ2n) is 6.92. The highest BCUT2D eigenvalue weighted by molar-refractivity contribution is 6.07. The van der Waals surface area contributed by atoms with Gasteiger partial charge in [0.15, 0.2) is 34.7 Å². The van der Waals surface area contributed by atoms with E-state index in [1.807, 2.05) is 0 Å². The largest absolute Gasteiger partial charge is 0.496 e. The third-order valence-electron chi connectivity index (χ3n) is 4.84. The van der Waals surface area contributed by atoms with Crippen molar-refractivity contribution in [3.63, 3.8) is 0 Å². The second-order valence-corrected chi connectivity index (χ2v) is 6.92. The molecule has 0 fully saturated rings. The third-order valence-corrected chi connectivity index (χ3v) is 4.84. The molecular weight excluding hydrogens is 456 g/mol. The van der Waals surface area contributed by atoms with Crippen LogP contribution in [0.3, 0.4) is 0 Å². The van der Waals surface area contributed by atoms with E-state index in [4.69, 9.17) is 18.9 Å². The van der Waals surface area contributed by atoms with Crippen LogP contribution in [0.2, 0.25) is 0 Å². The average molecular weight is 476 g/mol. The average Bonchev–Trinajstić information content (AvgIpc) is 2.85. The molecule has 0 aliphatic carbocycles. The Morgan fingerprint density at radius 1 is 0.794 bits per heavy atom. The second kappa shape index (κ2) is 10.7. The van der Waals surface area contributed by atoms with Gasteiger partial charge in [-0.15, -0.1) is 0 Å². The molecule has 0 spiro atoms. The van der Waals surface area contributed by atoms with Crippen LogP contribution < -0.4 is 18.9 Å². The standard InChI is InChI=1S/C25H20F4O5/c1-31-20-8-5-14(4-7-19(30)15-6-9-21(32-2)22(11-15)33-3)10-16(20)13-34-25-23(28)17(26)12-18(27)24(25)29/h4-12H,13H2,1-3H3/b7-4+. The maximum Gasteiger partial charge on any atom is 0.203 e. The molecule has 178 valence electrons. The van der Waals surface area contributed by atoms with Crippen LogP contribution >= 0.6 is 0 Å². The van der Waals surface area contributed by atoms with Crippen LogP contribution in [0.25, 0.3) is 6.08 Å². The highest BCUT2D eigenvalue weighted by atomic mass is 19.2. The Kier molecular flexibility index (Phi) is 7.78. The summed E-state index contributed by atoms with van der Waals surface area (Å²) in [5, 5.41) is 0. The van der Waals surface area contributed by atoms with Gasteiger partial charge in [0.25, 0.3) is 0 Å². The summed E-state index contributed by atoms with van der Waals surface area (Å²) in [6.07, 6.45) is 2.85. The fourth-order valence-electron chi connectivity index (χ4n) is 3.10. The van der Waals surface area contributed by atoms with Crippen LogP contribution in [0.15, 0.2) is 48.5 Å². The van der Waals surface area contributed by atoms with E-state index in [-0.39, 0.29) is 11.8 Å². The van der Waals surface area contributed by atoms with Gasteiger partial charge < -0.3 is 18.9 Å². The lowest BCUT2D eigenvalue weighted by molar-refractivity contribution is 0.104. The van der Waals surface area contributed by atoms with Gasteiger partial charge in [-0.25, -0.2) is 8.78 Å². The number of hydrogen-bond acceptors (Lipinski definition) is 5. The Labute approximate surface area is 193 Å². The van der Waals surface area contributed by atoms with E-state index in [0.717, 1.165) is 0 Å². The van der Waals surface area contributed by atoms with Crippen molar-refractivity contribution in [1.82, 2.24) is 0 Å². The minimum absolute atomic E-state index is 0.0962. The Morgan fingerprint density at radius 3 is 2.03 bits per heavy atom. The zero-order valence-corrected chi connectivity index (χ0v) is 18.5. The van der Waals surface area contributed by atoms with E-state index in [1.165, 1.54) is 33.5 Å². The van der Waals surface area contributed by atoms with Crippen LogP contribution in [-0.4, -0.2) is 27.1 Å². The number of carbonyl (C=O) groups excluding carboxylic acids is 1. The van der Waals surface area contributed by atoms with Crippen molar-refractivity contribution >= 4 is 11.9 Å². The van der Waals surface area contributed by atoms with E-state index < -0.39 is 35.6 Å². The van der Waals surface area contributed by atoms with Crippen molar-refractivity contribution in [3.8, 4) is 23.0 Å². The van der Waals surface area contributed by atoms with Gasteiger partial charge in [0.05, 0.1) is 21.3 Å². The van der Waals surface area contributed by atoms with E-state index in [0.29, 0.717) is 33.9 Å². The van der Waals surface area contributed by atoms with Crippen molar-refractivity contribution in [1.29, 1.82) is 0 Å². The number of benzene rings is 3. The summed E-state index contributed by atoms with van der Waals surface area (Å²) in [6, 6.07) is 9.57. The zero-order chi connectivity index (χ0) is 24.8. The summed E-state index contributed by atoms with van der Waals surface area (Å²) >= 11 is 0. The summed E-state index contributed by atoms with van der Waals surface area (Å²) in [7, 11) is 4.31. The predicted molar refractivity (Wildman–Crippen MR) is 117 cm³/mol. The molecule has 9 heteroatoms. The van der Waals surface area contributed by atoms with E-state index >= 15 is 0 Å². The number of rotatable bonds is 9. The first kappa shape index (κ1) is 24.6. The molecule has 5 nitrogen and oxygen atoms in total. The van der Waals surface area contributed by atoms with Crippen LogP contribution in [0.5, 0.6) is 23.0 Å². The molecule has 3 rings (SSSR count). The van der Waals surface area contributed by atoms with Crippen molar-refractivity contribution in [3.05, 3.63) is 88.5 Å². The molecule has 3 aromatic carbocycles. The molecule has 34 heavy (non-hydrogen) atoms. The molecule has 0 radical (unpaired) electrons. The van der Waals surface area contributed by atoms with Crippen LogP contribution in [0, 0.1) is 23.3 Å². The highest BCUT2D eigenvalue weighted by Gasteiger charge is 2.21. The van der Waals surface area contributed by atoms with Gasteiger partial charge in [-0.1, -0.05) is 12.1 Å². The smallest absolute Gasteiger partial charge is 0.203 e. The van der Waals surface area contributed by atoms with Gasteiger partial charge in [0.2, 0.25) is 11.6 Å². The SMILES string of the molecule is COc1ccc(/C=C/C(=O)c2ccc(OC)c(OC)c2)cc1COc1c(F)c(F)cc(F)c1F. The van der Waals surface area contributed by atoms with Gasteiger partial charge in [-0.2, -0.15) is 8.78 Å². The molecule has 0 unspecified atom stereocenters. The Morgan fingerprint density at radius 2 is 1.41 bits per heavy atom.